The molecule has 8 nitrogen and oxygen atoms in total. The second-order valence-corrected chi connectivity index (χ2v) is 6.34. The molecule has 6 heterocycles. The van der Waals surface area contributed by atoms with E-state index in [0.29, 0.717) is 11.6 Å². The van der Waals surface area contributed by atoms with Gasteiger partial charge in [0, 0.05) is 49.6 Å². The molecule has 6 aromatic rings. The molecule has 0 aliphatic heterocycles. The second-order valence-electron chi connectivity index (χ2n) is 6.34. The van der Waals surface area contributed by atoms with Gasteiger partial charge in [-0.05, 0) is 36.4 Å². The fourth-order valence-corrected chi connectivity index (χ4v) is 2.94. The van der Waals surface area contributed by atoms with E-state index in [1.807, 2.05) is 82.1 Å². The van der Waals surface area contributed by atoms with Gasteiger partial charge in [-0.25, -0.2) is 19.9 Å². The number of nitrogens with zero attached hydrogens (tertiary/aromatic N) is 8. The molecule has 0 bridgehead atoms. The summed E-state index contributed by atoms with van der Waals surface area (Å²) in [6.07, 6.45) is 14.6. The lowest BCUT2D eigenvalue weighted by Crippen LogP contribution is -1.83. The number of halogens is 1. The molecular weight excluding hydrogens is 456 g/mol. The minimum absolute atomic E-state index is 0. The highest BCUT2D eigenvalue weighted by molar-refractivity contribution is 8.93. The fraction of sp³-hybridized carbons (Fsp3) is 0. The first kappa shape index (κ1) is 20.3. The average Bonchev–Trinajstić information content (AvgIpc) is 3.45. The summed E-state index contributed by atoms with van der Waals surface area (Å²) in [7, 11) is 0. The third kappa shape index (κ3) is 4.46. The molecule has 0 saturated heterocycles. The van der Waals surface area contributed by atoms with Crippen LogP contribution in [0.5, 0.6) is 0 Å². The van der Waals surface area contributed by atoms with Gasteiger partial charge in [0.2, 0.25) is 11.6 Å². The molecule has 0 saturated carbocycles. The van der Waals surface area contributed by atoms with Crippen molar-refractivity contribution in [2.75, 3.05) is 0 Å². The van der Waals surface area contributed by atoms with Crippen LogP contribution in [-0.2, 0) is 0 Å². The zero-order valence-electron chi connectivity index (χ0n) is 16.2. The SMILES string of the molecule is Br.c1ccc(-c2cn3cccnc3n2)nc1.c1ccc(-c2cn3cccnc3n2)nc1. The summed E-state index contributed by atoms with van der Waals surface area (Å²) in [6.45, 7) is 0. The van der Waals surface area contributed by atoms with Crippen molar-refractivity contribution in [3.05, 3.63) is 98.1 Å². The zero-order chi connectivity index (χ0) is 20.2. The molecule has 0 fully saturated rings. The standard InChI is InChI=1S/2C11H8N4.BrH/c2*1-2-5-12-9(4-1)10-8-15-7-3-6-13-11(15)14-10;/h2*1-8H;1H. The van der Waals surface area contributed by atoms with Crippen LogP contribution in [0.3, 0.4) is 0 Å². The topological polar surface area (TPSA) is 86.2 Å². The third-order valence-electron chi connectivity index (χ3n) is 4.33. The van der Waals surface area contributed by atoms with Crippen molar-refractivity contribution in [2.24, 2.45) is 0 Å². The molecule has 0 atom stereocenters. The van der Waals surface area contributed by atoms with Crippen LogP contribution in [0.4, 0.5) is 0 Å². The van der Waals surface area contributed by atoms with E-state index in [2.05, 4.69) is 29.9 Å². The lowest BCUT2D eigenvalue weighted by Gasteiger charge is -1.91. The fourth-order valence-electron chi connectivity index (χ4n) is 2.94. The third-order valence-corrected chi connectivity index (χ3v) is 4.33. The molecule has 0 spiro atoms. The van der Waals surface area contributed by atoms with Gasteiger partial charge >= 0.3 is 0 Å². The molecular formula is C22H17BrN8. The molecule has 0 amide bonds. The molecule has 9 heteroatoms. The maximum atomic E-state index is 4.37. The molecule has 152 valence electrons. The van der Waals surface area contributed by atoms with Crippen LogP contribution in [0.2, 0.25) is 0 Å². The van der Waals surface area contributed by atoms with E-state index in [-0.39, 0.29) is 17.0 Å². The minimum Gasteiger partial charge on any atom is -0.290 e. The Morgan fingerprint density at radius 2 is 0.935 bits per heavy atom. The number of fused-ring (bicyclic) bond motifs is 2. The van der Waals surface area contributed by atoms with Gasteiger partial charge < -0.3 is 0 Å². The quantitative estimate of drug-likeness (QED) is 0.376. The highest BCUT2D eigenvalue weighted by Gasteiger charge is 2.05. The van der Waals surface area contributed by atoms with Crippen molar-refractivity contribution in [3.8, 4) is 22.8 Å². The summed E-state index contributed by atoms with van der Waals surface area (Å²) in [5, 5.41) is 0. The molecule has 0 aromatic carbocycles. The highest BCUT2D eigenvalue weighted by atomic mass is 79.9. The number of rotatable bonds is 2. The maximum Gasteiger partial charge on any atom is 0.234 e. The van der Waals surface area contributed by atoms with Crippen LogP contribution in [0.1, 0.15) is 0 Å². The summed E-state index contributed by atoms with van der Waals surface area (Å²) >= 11 is 0. The summed E-state index contributed by atoms with van der Waals surface area (Å²) in [5.41, 5.74) is 3.41. The Morgan fingerprint density at radius 3 is 1.32 bits per heavy atom. The Hall–Kier alpha value is -3.98. The van der Waals surface area contributed by atoms with Gasteiger partial charge in [-0.1, -0.05) is 12.1 Å². The van der Waals surface area contributed by atoms with Crippen LogP contribution in [0.25, 0.3) is 34.3 Å². The Kier molecular flexibility index (Phi) is 6.04. The van der Waals surface area contributed by atoms with E-state index < -0.39 is 0 Å². The van der Waals surface area contributed by atoms with Gasteiger partial charge in [0.25, 0.3) is 0 Å². The van der Waals surface area contributed by atoms with E-state index in [9.17, 15) is 0 Å². The summed E-state index contributed by atoms with van der Waals surface area (Å²) in [6, 6.07) is 15.3. The van der Waals surface area contributed by atoms with Crippen molar-refractivity contribution in [1.82, 2.24) is 38.7 Å². The Labute approximate surface area is 188 Å². The van der Waals surface area contributed by atoms with Crippen molar-refractivity contribution in [2.45, 2.75) is 0 Å². The Bertz CT molecular complexity index is 1220. The van der Waals surface area contributed by atoms with Crippen molar-refractivity contribution >= 4 is 28.5 Å². The lowest BCUT2D eigenvalue weighted by molar-refractivity contribution is 1.11. The molecule has 0 N–H and O–H groups in total. The minimum atomic E-state index is 0. The van der Waals surface area contributed by atoms with Gasteiger partial charge in [-0.2, -0.15) is 0 Å². The van der Waals surface area contributed by atoms with Gasteiger partial charge in [0.1, 0.15) is 11.4 Å². The lowest BCUT2D eigenvalue weighted by atomic mass is 10.3. The number of pyridine rings is 2. The molecule has 0 aliphatic carbocycles. The highest BCUT2D eigenvalue weighted by Crippen LogP contribution is 2.15. The van der Waals surface area contributed by atoms with E-state index in [1.165, 1.54) is 0 Å². The number of aromatic nitrogens is 8. The second kappa shape index (κ2) is 9.23. The van der Waals surface area contributed by atoms with Crippen LogP contribution < -0.4 is 0 Å². The Morgan fingerprint density at radius 1 is 0.484 bits per heavy atom. The van der Waals surface area contributed by atoms with Gasteiger partial charge in [-0.3, -0.25) is 18.8 Å². The largest absolute Gasteiger partial charge is 0.290 e. The average molecular weight is 473 g/mol. The number of hydrogen-bond acceptors (Lipinski definition) is 6. The number of imidazole rings is 2. The molecule has 0 radical (unpaired) electrons. The molecule has 0 unspecified atom stereocenters. The molecule has 0 aliphatic rings. The van der Waals surface area contributed by atoms with E-state index in [4.69, 9.17) is 0 Å². The van der Waals surface area contributed by atoms with Gasteiger partial charge in [-0.15, -0.1) is 17.0 Å². The predicted molar refractivity (Wildman–Crippen MR) is 123 cm³/mol. The van der Waals surface area contributed by atoms with Crippen LogP contribution >= 0.6 is 17.0 Å². The van der Waals surface area contributed by atoms with Crippen molar-refractivity contribution in [1.29, 1.82) is 0 Å². The maximum absolute atomic E-state index is 4.37. The predicted octanol–water partition coefficient (Wildman–Crippen LogP) is 4.16. The molecule has 6 aromatic heterocycles. The first-order valence-electron chi connectivity index (χ1n) is 9.29. The first-order chi connectivity index (χ1) is 14.9. The molecule has 31 heavy (non-hydrogen) atoms. The van der Waals surface area contributed by atoms with Gasteiger partial charge in [0.15, 0.2) is 0 Å². The van der Waals surface area contributed by atoms with E-state index >= 15 is 0 Å². The molecule has 6 rings (SSSR count). The van der Waals surface area contributed by atoms with Crippen LogP contribution in [0, 0.1) is 0 Å². The smallest absolute Gasteiger partial charge is 0.234 e. The summed E-state index contributed by atoms with van der Waals surface area (Å²) in [5.74, 6) is 1.39. The van der Waals surface area contributed by atoms with Crippen LogP contribution in [-0.4, -0.2) is 38.7 Å². The number of hydrogen-bond donors (Lipinski definition) is 0. The summed E-state index contributed by atoms with van der Waals surface area (Å²) in [4.78, 5) is 25.5. The zero-order valence-corrected chi connectivity index (χ0v) is 17.9. The Balaban J connectivity index is 0.000000144. The van der Waals surface area contributed by atoms with Crippen LogP contribution in [0.15, 0.2) is 98.1 Å². The van der Waals surface area contributed by atoms with Gasteiger partial charge in [0.05, 0.1) is 11.4 Å². The van der Waals surface area contributed by atoms with E-state index in [0.717, 1.165) is 22.8 Å². The van der Waals surface area contributed by atoms with Crippen molar-refractivity contribution in [3.63, 3.8) is 0 Å². The summed E-state index contributed by atoms with van der Waals surface area (Å²) < 4.78 is 3.76. The van der Waals surface area contributed by atoms with Crippen molar-refractivity contribution < 1.29 is 0 Å². The van der Waals surface area contributed by atoms with E-state index in [1.54, 1.807) is 24.8 Å². The first-order valence-corrected chi connectivity index (χ1v) is 9.29. The monoisotopic (exact) mass is 472 g/mol. The normalized spacial score (nSPS) is 10.3.